The quantitative estimate of drug-likeness (QED) is 0.623. The minimum atomic E-state index is -0.356. The topological polar surface area (TPSA) is 73.9 Å². The van der Waals surface area contributed by atoms with Crippen molar-refractivity contribution >= 4 is 11.9 Å². The van der Waals surface area contributed by atoms with E-state index in [2.05, 4.69) is 5.32 Å². The number of nitrogens with one attached hydrogen (secondary N) is 1. The number of hydrogen-bond donors (Lipinski definition) is 1. The Kier molecular flexibility index (Phi) is 5.50. The molecule has 2 aliphatic heterocycles. The molecule has 1 N–H and O–H groups in total. The van der Waals surface area contributed by atoms with Crippen LogP contribution in [0.4, 0.5) is 0 Å². The van der Waals surface area contributed by atoms with Crippen LogP contribution in [0.1, 0.15) is 43.5 Å². The van der Waals surface area contributed by atoms with Crippen LogP contribution in [0.25, 0.3) is 0 Å². The van der Waals surface area contributed by atoms with Crippen molar-refractivity contribution in [2.24, 2.45) is 0 Å². The lowest BCUT2D eigenvalue weighted by Gasteiger charge is -2.25. The fourth-order valence-electron chi connectivity index (χ4n) is 4.06. The number of carbonyl (C=O) groups excluding carboxylic acids is 2. The number of esters is 1. The van der Waals surface area contributed by atoms with Gasteiger partial charge in [0.15, 0.2) is 11.5 Å². The Morgan fingerprint density at radius 1 is 0.938 bits per heavy atom. The first-order valence-electron chi connectivity index (χ1n) is 10.7. The van der Waals surface area contributed by atoms with Gasteiger partial charge in [-0.2, -0.15) is 0 Å². The molecule has 0 aromatic heterocycles. The van der Waals surface area contributed by atoms with Gasteiger partial charge in [0.05, 0.1) is 5.56 Å². The maximum absolute atomic E-state index is 12.7. The molecule has 0 saturated carbocycles. The van der Waals surface area contributed by atoms with Crippen molar-refractivity contribution < 1.29 is 23.8 Å². The molecule has 0 radical (unpaired) electrons. The van der Waals surface area contributed by atoms with Crippen molar-refractivity contribution in [3.05, 3.63) is 94.5 Å². The number of carbonyl (C=O) groups is 2. The van der Waals surface area contributed by atoms with E-state index in [1.165, 1.54) is 0 Å². The highest BCUT2D eigenvalue weighted by molar-refractivity contribution is 5.97. The zero-order chi connectivity index (χ0) is 21.9. The second kappa shape index (κ2) is 8.75. The number of hydrogen-bond acceptors (Lipinski definition) is 5. The molecule has 1 atom stereocenters. The number of fused-ring (bicyclic) bond motifs is 2. The van der Waals surface area contributed by atoms with Gasteiger partial charge in [0, 0.05) is 18.5 Å². The van der Waals surface area contributed by atoms with E-state index in [0.29, 0.717) is 43.7 Å². The Morgan fingerprint density at radius 3 is 2.59 bits per heavy atom. The van der Waals surface area contributed by atoms with Crippen LogP contribution in [0.3, 0.4) is 0 Å². The van der Waals surface area contributed by atoms with E-state index in [0.717, 1.165) is 28.2 Å². The second-order valence-corrected chi connectivity index (χ2v) is 7.86. The van der Waals surface area contributed by atoms with Crippen molar-refractivity contribution in [3.8, 4) is 11.5 Å². The molecule has 0 saturated heterocycles. The number of cyclic esters (lactones) is 1. The van der Waals surface area contributed by atoms with Gasteiger partial charge in [0.2, 0.25) is 0 Å². The maximum Gasteiger partial charge on any atom is 0.339 e. The summed E-state index contributed by atoms with van der Waals surface area (Å²) < 4.78 is 16.7. The Morgan fingerprint density at radius 2 is 1.75 bits per heavy atom. The van der Waals surface area contributed by atoms with Gasteiger partial charge < -0.3 is 19.5 Å². The number of benzene rings is 3. The lowest BCUT2D eigenvalue weighted by Crippen LogP contribution is -2.27. The van der Waals surface area contributed by atoms with Crippen LogP contribution < -0.4 is 14.8 Å². The highest BCUT2D eigenvalue weighted by atomic mass is 16.6. The summed E-state index contributed by atoms with van der Waals surface area (Å²) >= 11 is 0. The molecular formula is C26H23NO5. The van der Waals surface area contributed by atoms with E-state index >= 15 is 0 Å². The summed E-state index contributed by atoms with van der Waals surface area (Å²) in [5.41, 5.74) is 3.89. The van der Waals surface area contributed by atoms with E-state index < -0.39 is 0 Å². The van der Waals surface area contributed by atoms with Crippen LogP contribution in [0, 0.1) is 0 Å². The number of amides is 1. The number of ether oxygens (including phenoxy) is 3. The summed E-state index contributed by atoms with van der Waals surface area (Å²) in [7, 11) is 0. The Hall–Kier alpha value is -3.80. The monoisotopic (exact) mass is 429 g/mol. The van der Waals surface area contributed by atoms with E-state index in [-0.39, 0.29) is 18.0 Å². The molecule has 3 aromatic carbocycles. The largest absolute Gasteiger partial charge is 0.486 e. The number of rotatable bonds is 5. The van der Waals surface area contributed by atoms with Gasteiger partial charge in [0.25, 0.3) is 5.91 Å². The molecule has 162 valence electrons. The van der Waals surface area contributed by atoms with Crippen molar-refractivity contribution in [3.63, 3.8) is 0 Å². The Balaban J connectivity index is 1.24. The average molecular weight is 429 g/mol. The van der Waals surface area contributed by atoms with Crippen LogP contribution in [0.5, 0.6) is 11.5 Å². The van der Waals surface area contributed by atoms with Crippen LogP contribution >= 0.6 is 0 Å². The zero-order valence-corrected chi connectivity index (χ0v) is 17.5. The molecule has 32 heavy (non-hydrogen) atoms. The van der Waals surface area contributed by atoms with Gasteiger partial charge in [-0.3, -0.25) is 4.79 Å². The van der Waals surface area contributed by atoms with Crippen molar-refractivity contribution in [1.82, 2.24) is 5.32 Å². The average Bonchev–Trinajstić information content (AvgIpc) is 2.84. The third kappa shape index (κ3) is 4.17. The molecule has 3 aromatic rings. The third-order valence-corrected chi connectivity index (χ3v) is 5.72. The van der Waals surface area contributed by atoms with Gasteiger partial charge in [-0.05, 0) is 53.4 Å². The van der Waals surface area contributed by atoms with E-state index in [1.807, 2.05) is 48.5 Å². The fourth-order valence-corrected chi connectivity index (χ4v) is 4.06. The van der Waals surface area contributed by atoms with Crippen LogP contribution in [0.2, 0.25) is 0 Å². The van der Waals surface area contributed by atoms with Crippen LogP contribution in [-0.2, 0) is 17.6 Å². The van der Waals surface area contributed by atoms with Crippen molar-refractivity contribution in [2.45, 2.75) is 18.9 Å². The summed E-state index contributed by atoms with van der Waals surface area (Å²) in [5.74, 6) is 0.978. The van der Waals surface area contributed by atoms with Gasteiger partial charge in [-0.1, -0.05) is 36.4 Å². The van der Waals surface area contributed by atoms with E-state index in [1.54, 1.807) is 18.2 Å². The molecule has 2 heterocycles. The summed E-state index contributed by atoms with van der Waals surface area (Å²) in [6.07, 6.45) is 0.879. The first-order chi connectivity index (χ1) is 15.7. The third-order valence-electron chi connectivity index (χ3n) is 5.72. The molecule has 0 unspecified atom stereocenters. The Labute approximate surface area is 186 Å². The molecule has 0 aliphatic carbocycles. The summed E-state index contributed by atoms with van der Waals surface area (Å²) in [6, 6.07) is 20.6. The lowest BCUT2D eigenvalue weighted by atomic mass is 9.93. The van der Waals surface area contributed by atoms with Gasteiger partial charge in [-0.25, -0.2) is 4.79 Å². The maximum atomic E-state index is 12.7. The molecule has 0 spiro atoms. The molecule has 6 heteroatoms. The minimum Gasteiger partial charge on any atom is -0.486 e. The highest BCUT2D eigenvalue weighted by Crippen LogP contribution is 2.32. The predicted molar refractivity (Wildman–Crippen MR) is 118 cm³/mol. The summed E-state index contributed by atoms with van der Waals surface area (Å²) in [6.45, 7) is 1.60. The van der Waals surface area contributed by atoms with E-state index in [4.69, 9.17) is 14.2 Å². The summed E-state index contributed by atoms with van der Waals surface area (Å²) in [5, 5.41) is 2.96. The van der Waals surface area contributed by atoms with Crippen LogP contribution in [0.15, 0.2) is 66.7 Å². The SMILES string of the molecule is O=C(NCCc1ccc2c(c1)OCCO2)c1ccc2c(c1)C[C@H](c1ccccc1)OC2=O. The van der Waals surface area contributed by atoms with Gasteiger partial charge in [-0.15, -0.1) is 0 Å². The van der Waals surface area contributed by atoms with Crippen molar-refractivity contribution in [2.75, 3.05) is 19.8 Å². The molecule has 5 rings (SSSR count). The minimum absolute atomic E-state index is 0.166. The lowest BCUT2D eigenvalue weighted by molar-refractivity contribution is 0.0252. The smallest absolute Gasteiger partial charge is 0.339 e. The molecule has 2 aliphatic rings. The Bertz CT molecular complexity index is 1160. The molecule has 0 bridgehead atoms. The molecule has 1 amide bonds. The summed E-state index contributed by atoms with van der Waals surface area (Å²) in [4.78, 5) is 25.2. The van der Waals surface area contributed by atoms with Crippen LogP contribution in [-0.4, -0.2) is 31.6 Å². The van der Waals surface area contributed by atoms with Gasteiger partial charge >= 0.3 is 5.97 Å². The van der Waals surface area contributed by atoms with Crippen molar-refractivity contribution in [1.29, 1.82) is 0 Å². The molecular weight excluding hydrogens is 406 g/mol. The highest BCUT2D eigenvalue weighted by Gasteiger charge is 2.28. The first-order valence-corrected chi connectivity index (χ1v) is 10.7. The fraction of sp³-hybridized carbons (Fsp3) is 0.231. The molecule has 6 nitrogen and oxygen atoms in total. The normalized spacial score (nSPS) is 16.6. The first kappa shape index (κ1) is 20.1. The standard InChI is InChI=1S/C26H23NO5/c28-25(27-11-10-17-6-9-22-24(14-17)31-13-12-30-22)19-7-8-21-20(15-19)16-23(32-26(21)29)18-4-2-1-3-5-18/h1-9,14-15,23H,10-13,16H2,(H,27,28)/t23-/m1/s1. The zero-order valence-electron chi connectivity index (χ0n) is 17.5. The predicted octanol–water partition coefficient (Wildman–Crippen LogP) is 3.88. The second-order valence-electron chi connectivity index (χ2n) is 7.86. The van der Waals surface area contributed by atoms with Gasteiger partial charge in [0.1, 0.15) is 19.3 Å². The molecule has 0 fully saturated rings. The van der Waals surface area contributed by atoms with E-state index in [9.17, 15) is 9.59 Å².